The number of carbonyl (C=O) groups excluding carboxylic acids is 3. The molecule has 0 aromatic heterocycles. The Morgan fingerprint density at radius 1 is 0.259 bits per heavy atom. The first-order valence-corrected chi connectivity index (χ1v) is 34.7. The van der Waals surface area contributed by atoms with E-state index in [1.54, 1.807) is 0 Å². The first kappa shape index (κ1) is 77.3. The Kier molecular flexibility index (Phi) is 65.7. The van der Waals surface area contributed by atoms with Gasteiger partial charge in [-0.15, -0.1) is 0 Å². The number of ether oxygens (including phenoxy) is 3. The number of allylic oxidation sites excluding steroid dienone is 16. The Hall–Kier alpha value is -3.67. The second-order valence-electron chi connectivity index (χ2n) is 23.0. The second kappa shape index (κ2) is 68.8. The molecule has 0 spiro atoms. The van der Waals surface area contributed by atoms with E-state index in [0.29, 0.717) is 19.3 Å². The van der Waals surface area contributed by atoms with Crippen LogP contribution >= 0.6 is 0 Å². The average molecular weight is 1130 g/mol. The molecule has 0 aromatic carbocycles. The second-order valence-corrected chi connectivity index (χ2v) is 23.0. The molecular weight excluding hydrogens is 997 g/mol. The molecule has 1 atom stereocenters. The van der Waals surface area contributed by atoms with Crippen LogP contribution in [0.5, 0.6) is 0 Å². The molecule has 0 amide bonds. The summed E-state index contributed by atoms with van der Waals surface area (Å²) in [6, 6.07) is 0. The van der Waals surface area contributed by atoms with Crippen LogP contribution in [0.2, 0.25) is 0 Å². The lowest BCUT2D eigenvalue weighted by Crippen LogP contribution is -2.30. The van der Waals surface area contributed by atoms with E-state index in [9.17, 15) is 14.4 Å². The van der Waals surface area contributed by atoms with Crippen LogP contribution in [0.25, 0.3) is 0 Å². The summed E-state index contributed by atoms with van der Waals surface area (Å²) >= 11 is 0. The third-order valence-corrected chi connectivity index (χ3v) is 15.1. The van der Waals surface area contributed by atoms with Gasteiger partial charge in [-0.2, -0.15) is 0 Å². The molecule has 0 aliphatic heterocycles. The molecule has 0 heterocycles. The molecule has 81 heavy (non-hydrogen) atoms. The number of carbonyl (C=O) groups is 3. The van der Waals surface area contributed by atoms with Crippen LogP contribution in [-0.4, -0.2) is 37.2 Å². The minimum Gasteiger partial charge on any atom is -0.462 e. The van der Waals surface area contributed by atoms with Crippen molar-refractivity contribution in [3.63, 3.8) is 0 Å². The van der Waals surface area contributed by atoms with E-state index in [1.807, 2.05) is 0 Å². The molecule has 0 bridgehead atoms. The summed E-state index contributed by atoms with van der Waals surface area (Å²) in [5, 5.41) is 0. The van der Waals surface area contributed by atoms with Crippen molar-refractivity contribution < 1.29 is 28.6 Å². The zero-order chi connectivity index (χ0) is 58.5. The predicted octanol–water partition coefficient (Wildman–Crippen LogP) is 24.0. The largest absolute Gasteiger partial charge is 0.462 e. The molecule has 6 heteroatoms. The molecule has 0 rings (SSSR count). The van der Waals surface area contributed by atoms with E-state index in [0.717, 1.165) is 109 Å². The SMILES string of the molecule is CC/C=C\C/C=C\C/C=C\C/C=C\CCCCCCCCCCCCCCCCCCCCC(=O)OCC(COC(=O)CCCC/C=C\C/C=C\C/C=C\C/C=C\CC)OC(=O)CCCCCCCCCCCCCCCCCCC. The third kappa shape index (κ3) is 67.0. The molecule has 0 N–H and O–H groups in total. The molecule has 0 aromatic rings. The van der Waals surface area contributed by atoms with Gasteiger partial charge in [-0.05, 0) is 96.3 Å². The fourth-order valence-corrected chi connectivity index (χ4v) is 9.96. The summed E-state index contributed by atoms with van der Waals surface area (Å²) < 4.78 is 16.9. The van der Waals surface area contributed by atoms with Gasteiger partial charge in [-0.3, -0.25) is 14.4 Å². The molecule has 0 aliphatic rings. The quantitative estimate of drug-likeness (QED) is 0.0261. The number of esters is 3. The van der Waals surface area contributed by atoms with E-state index >= 15 is 0 Å². The van der Waals surface area contributed by atoms with Crippen LogP contribution in [0.3, 0.4) is 0 Å². The van der Waals surface area contributed by atoms with E-state index in [-0.39, 0.29) is 31.1 Å². The van der Waals surface area contributed by atoms with E-state index < -0.39 is 6.10 Å². The van der Waals surface area contributed by atoms with Crippen molar-refractivity contribution >= 4 is 17.9 Å². The van der Waals surface area contributed by atoms with Crippen molar-refractivity contribution in [1.29, 1.82) is 0 Å². The summed E-state index contributed by atoms with van der Waals surface area (Å²) in [4.78, 5) is 38.4. The van der Waals surface area contributed by atoms with Crippen molar-refractivity contribution in [2.45, 2.75) is 348 Å². The van der Waals surface area contributed by atoms with Gasteiger partial charge in [0.05, 0.1) is 0 Å². The van der Waals surface area contributed by atoms with Crippen LogP contribution in [0.1, 0.15) is 342 Å². The maximum atomic E-state index is 12.9. The summed E-state index contributed by atoms with van der Waals surface area (Å²) in [5.74, 6) is -0.911. The zero-order valence-corrected chi connectivity index (χ0v) is 53.5. The lowest BCUT2D eigenvalue weighted by molar-refractivity contribution is -0.167. The Labute approximate surface area is 502 Å². The van der Waals surface area contributed by atoms with Gasteiger partial charge in [0, 0.05) is 19.3 Å². The fraction of sp³-hybridized carbons (Fsp3) is 0.747. The Balaban J connectivity index is 4.23. The summed E-state index contributed by atoms with van der Waals surface area (Å²) in [6.45, 7) is 6.42. The summed E-state index contributed by atoms with van der Waals surface area (Å²) in [6.07, 6.45) is 93.0. The summed E-state index contributed by atoms with van der Waals surface area (Å²) in [7, 11) is 0. The molecular formula is C75H130O6. The number of unbranched alkanes of at least 4 members (excludes halogenated alkanes) is 36. The molecule has 6 nitrogen and oxygen atoms in total. The molecule has 0 fully saturated rings. The van der Waals surface area contributed by atoms with Gasteiger partial charge in [-0.1, -0.05) is 323 Å². The topological polar surface area (TPSA) is 78.9 Å². The molecule has 0 radical (unpaired) electrons. The van der Waals surface area contributed by atoms with Crippen molar-refractivity contribution in [2.75, 3.05) is 13.2 Å². The number of hydrogen-bond donors (Lipinski definition) is 0. The van der Waals surface area contributed by atoms with Crippen LogP contribution in [0.4, 0.5) is 0 Å². The average Bonchev–Trinajstić information content (AvgIpc) is 3.47. The van der Waals surface area contributed by atoms with Gasteiger partial charge in [0.1, 0.15) is 13.2 Å². The smallest absolute Gasteiger partial charge is 0.306 e. The zero-order valence-electron chi connectivity index (χ0n) is 53.5. The first-order chi connectivity index (χ1) is 40.0. The third-order valence-electron chi connectivity index (χ3n) is 15.1. The lowest BCUT2D eigenvalue weighted by atomic mass is 10.0. The number of rotatable bonds is 63. The maximum absolute atomic E-state index is 12.9. The summed E-state index contributed by atoms with van der Waals surface area (Å²) in [5.41, 5.74) is 0. The fourth-order valence-electron chi connectivity index (χ4n) is 9.96. The Morgan fingerprint density at radius 3 is 0.778 bits per heavy atom. The minimum absolute atomic E-state index is 0.0860. The van der Waals surface area contributed by atoms with Crippen LogP contribution < -0.4 is 0 Å². The van der Waals surface area contributed by atoms with Gasteiger partial charge < -0.3 is 14.2 Å². The molecule has 466 valence electrons. The molecule has 0 saturated carbocycles. The van der Waals surface area contributed by atoms with E-state index in [1.165, 1.54) is 193 Å². The highest BCUT2D eigenvalue weighted by Gasteiger charge is 2.19. The van der Waals surface area contributed by atoms with Crippen LogP contribution in [0.15, 0.2) is 97.2 Å². The normalized spacial score (nSPS) is 12.7. The molecule has 0 saturated heterocycles. The van der Waals surface area contributed by atoms with Gasteiger partial charge in [0.2, 0.25) is 0 Å². The monoisotopic (exact) mass is 1130 g/mol. The minimum atomic E-state index is -0.793. The van der Waals surface area contributed by atoms with E-state index in [4.69, 9.17) is 14.2 Å². The lowest BCUT2D eigenvalue weighted by Gasteiger charge is -2.18. The molecule has 0 aliphatic carbocycles. The Morgan fingerprint density at radius 2 is 0.481 bits per heavy atom. The number of hydrogen-bond acceptors (Lipinski definition) is 6. The molecule has 1 unspecified atom stereocenters. The predicted molar refractivity (Wildman–Crippen MR) is 353 cm³/mol. The first-order valence-electron chi connectivity index (χ1n) is 34.7. The van der Waals surface area contributed by atoms with Gasteiger partial charge in [0.15, 0.2) is 6.10 Å². The highest BCUT2D eigenvalue weighted by Crippen LogP contribution is 2.18. The van der Waals surface area contributed by atoms with Gasteiger partial charge in [0.25, 0.3) is 0 Å². The Bertz CT molecular complexity index is 1580. The van der Waals surface area contributed by atoms with E-state index in [2.05, 4.69) is 118 Å². The van der Waals surface area contributed by atoms with Crippen molar-refractivity contribution in [3.05, 3.63) is 97.2 Å². The van der Waals surface area contributed by atoms with Crippen LogP contribution in [0, 0.1) is 0 Å². The highest BCUT2D eigenvalue weighted by atomic mass is 16.6. The maximum Gasteiger partial charge on any atom is 0.306 e. The van der Waals surface area contributed by atoms with Crippen molar-refractivity contribution in [2.24, 2.45) is 0 Å². The van der Waals surface area contributed by atoms with Crippen LogP contribution in [-0.2, 0) is 28.6 Å². The van der Waals surface area contributed by atoms with Crippen molar-refractivity contribution in [3.8, 4) is 0 Å². The van der Waals surface area contributed by atoms with Gasteiger partial charge in [-0.25, -0.2) is 0 Å². The van der Waals surface area contributed by atoms with Gasteiger partial charge >= 0.3 is 17.9 Å². The van der Waals surface area contributed by atoms with Crippen molar-refractivity contribution in [1.82, 2.24) is 0 Å². The standard InChI is InChI=1S/C75H130O6/c1-4-7-10-13-16-19-22-25-28-30-31-32-33-34-35-36-37-38-39-40-41-42-43-45-47-50-53-56-59-62-65-68-74(77)80-71-72(70-79-73(76)67-64-61-58-55-52-49-46-27-24-21-18-15-12-9-6-3)81-75(78)69-66-63-60-57-54-51-48-44-29-26-23-20-17-14-11-8-5-2/h7,9-10,12,16,18-19,21,25,27-28,31-32,46,52,55,72H,4-6,8,11,13-15,17,20,22-24,26,29-30,33-45,47-51,53-54,56-71H2,1-3H3/b10-7-,12-9-,19-16-,21-18-,28-25-,32-31-,46-27-,55-52-. The highest BCUT2D eigenvalue weighted by molar-refractivity contribution is 5.71.